The summed E-state index contributed by atoms with van der Waals surface area (Å²) in [6.45, 7) is 6.62. The molecule has 3 aliphatic carbocycles. The van der Waals surface area contributed by atoms with Crippen molar-refractivity contribution in [3.05, 3.63) is 87.7 Å². The van der Waals surface area contributed by atoms with E-state index in [0.29, 0.717) is 61.0 Å². The molecule has 6 nitrogen and oxygen atoms in total. The molecule has 1 aromatic heterocycles. The molecule has 3 N–H and O–H groups in total. The van der Waals surface area contributed by atoms with Crippen molar-refractivity contribution in [3.63, 3.8) is 0 Å². The Kier molecular flexibility index (Phi) is 8.88. The van der Waals surface area contributed by atoms with E-state index in [9.17, 15) is 19.4 Å². The summed E-state index contributed by atoms with van der Waals surface area (Å²) in [5, 5.41) is 24.9. The normalized spacial score (nSPS) is 28.6. The fourth-order valence-electron chi connectivity index (χ4n) is 8.33. The van der Waals surface area contributed by atoms with Gasteiger partial charge in [0.2, 0.25) is 0 Å². The monoisotopic (exact) mass is 634 g/mol. The van der Waals surface area contributed by atoms with E-state index >= 15 is 0 Å². The van der Waals surface area contributed by atoms with Gasteiger partial charge >= 0.3 is 5.97 Å². The molecular weight excluding hydrogens is 591 g/mol. The highest BCUT2D eigenvalue weighted by Gasteiger charge is 2.54. The number of carbonyl (C=O) groups is 1. The summed E-state index contributed by atoms with van der Waals surface area (Å²) in [5.41, 5.74) is 4.27. The summed E-state index contributed by atoms with van der Waals surface area (Å²) >= 11 is 6.23. The average molecular weight is 635 g/mol. The first-order chi connectivity index (χ1) is 21.5. The van der Waals surface area contributed by atoms with Crippen molar-refractivity contribution in [2.45, 2.75) is 101 Å². The van der Waals surface area contributed by atoms with Gasteiger partial charge in [0.15, 0.2) is 0 Å². The number of hydrogen-bond donors (Lipinski definition) is 3. The van der Waals surface area contributed by atoms with Crippen LogP contribution in [-0.4, -0.2) is 33.3 Å². The number of pyridine rings is 1. The van der Waals surface area contributed by atoms with Crippen molar-refractivity contribution < 1.29 is 24.1 Å². The Morgan fingerprint density at radius 2 is 1.91 bits per heavy atom. The molecule has 0 bridgehead atoms. The first-order valence-electron chi connectivity index (χ1n) is 16.4. The fraction of sp³-hybridized carbons (Fsp3) is 0.514. The van der Waals surface area contributed by atoms with Crippen LogP contribution < -0.4 is 10.1 Å². The molecule has 1 spiro atoms. The van der Waals surface area contributed by atoms with Crippen molar-refractivity contribution in [2.24, 2.45) is 11.8 Å². The first-order valence-corrected chi connectivity index (χ1v) is 16.7. The highest BCUT2D eigenvalue weighted by atomic mass is 35.5. The topological polar surface area (TPSA) is 91.7 Å². The van der Waals surface area contributed by atoms with E-state index in [-0.39, 0.29) is 17.3 Å². The van der Waals surface area contributed by atoms with E-state index in [1.807, 2.05) is 24.3 Å². The van der Waals surface area contributed by atoms with Crippen molar-refractivity contribution in [1.82, 2.24) is 4.98 Å². The van der Waals surface area contributed by atoms with Gasteiger partial charge in [-0.1, -0.05) is 49.7 Å². The zero-order valence-corrected chi connectivity index (χ0v) is 27.1. The molecule has 5 atom stereocenters. The quantitative estimate of drug-likeness (QED) is 0.218. The number of nitrogens with zero attached hydrogens (tertiary/aromatic N) is 1. The van der Waals surface area contributed by atoms with Gasteiger partial charge in [-0.05, 0) is 122 Å². The van der Waals surface area contributed by atoms with Gasteiger partial charge in [-0.15, -0.1) is 0 Å². The lowest BCUT2D eigenvalue weighted by molar-refractivity contribution is -0.144. The zero-order chi connectivity index (χ0) is 31.9. The molecule has 0 saturated heterocycles. The van der Waals surface area contributed by atoms with Gasteiger partial charge in [-0.25, -0.2) is 9.18 Å². The minimum atomic E-state index is -1.09. The Morgan fingerprint density at radius 3 is 2.62 bits per heavy atom. The average Bonchev–Trinajstić information content (AvgIpc) is 3.30. The van der Waals surface area contributed by atoms with Gasteiger partial charge in [-0.2, -0.15) is 0 Å². The Morgan fingerprint density at radius 1 is 1.13 bits per heavy atom. The number of carboxylic acid groups (broad SMARTS) is 1. The highest BCUT2D eigenvalue weighted by molar-refractivity contribution is 6.30. The van der Waals surface area contributed by atoms with E-state index < -0.39 is 23.8 Å². The van der Waals surface area contributed by atoms with Crippen LogP contribution in [0.5, 0.6) is 5.75 Å². The lowest BCUT2D eigenvalue weighted by atomic mass is 9.59. The molecule has 0 radical (unpaired) electrons. The number of aliphatic hydroxyl groups excluding tert-OH is 1. The van der Waals surface area contributed by atoms with Gasteiger partial charge in [0.05, 0.1) is 18.4 Å². The third kappa shape index (κ3) is 6.06. The number of aromatic nitrogens is 1. The van der Waals surface area contributed by atoms with E-state index in [1.54, 1.807) is 25.3 Å². The third-order valence-electron chi connectivity index (χ3n) is 10.8. The summed E-state index contributed by atoms with van der Waals surface area (Å²) in [5.74, 6) is 0.616. The number of aliphatic hydroxyl groups is 1. The number of fused-ring (bicyclic) bond motifs is 3. The Labute approximate surface area is 270 Å². The van der Waals surface area contributed by atoms with Gasteiger partial charge in [0.1, 0.15) is 17.5 Å². The number of aliphatic carboxylic acids is 1. The SMILES string of the molecule is CC(O)c1ccc2c(c1)C1(CCC(Nc3cccc(Cl)c3)(C(=O)O)CC1)C(C[C@@H](C)COc1ccnc3c1[C@H](C)CC[C@H]3F)C2. The minimum absolute atomic E-state index is 0.199. The molecule has 0 amide bonds. The van der Waals surface area contributed by atoms with Crippen molar-refractivity contribution in [1.29, 1.82) is 0 Å². The van der Waals surface area contributed by atoms with E-state index in [2.05, 4.69) is 36.3 Å². The molecule has 6 rings (SSSR count). The lowest BCUT2D eigenvalue weighted by Gasteiger charge is -2.47. The maximum atomic E-state index is 14.7. The van der Waals surface area contributed by atoms with E-state index in [4.69, 9.17) is 16.3 Å². The molecule has 240 valence electrons. The zero-order valence-electron chi connectivity index (χ0n) is 26.4. The van der Waals surface area contributed by atoms with Crippen molar-refractivity contribution >= 4 is 23.3 Å². The van der Waals surface area contributed by atoms with Crippen molar-refractivity contribution in [3.8, 4) is 5.75 Å². The smallest absolute Gasteiger partial charge is 0.329 e. The number of ether oxygens (including phenoxy) is 1. The number of rotatable bonds is 9. The first kappa shape index (κ1) is 31.8. The van der Waals surface area contributed by atoms with Gasteiger partial charge in [0.25, 0.3) is 0 Å². The maximum absolute atomic E-state index is 14.7. The summed E-state index contributed by atoms with van der Waals surface area (Å²) in [4.78, 5) is 17.2. The number of nitrogens with one attached hydrogen (secondary N) is 1. The largest absolute Gasteiger partial charge is 0.493 e. The number of halogens is 2. The minimum Gasteiger partial charge on any atom is -0.493 e. The summed E-state index contributed by atoms with van der Waals surface area (Å²) in [7, 11) is 0. The second-order valence-corrected chi connectivity index (χ2v) is 14.3. The summed E-state index contributed by atoms with van der Waals surface area (Å²) < 4.78 is 21.1. The van der Waals surface area contributed by atoms with Crippen LogP contribution in [0.1, 0.15) is 112 Å². The van der Waals surface area contributed by atoms with Crippen LogP contribution in [0.25, 0.3) is 0 Å². The predicted molar refractivity (Wildman–Crippen MR) is 175 cm³/mol. The van der Waals surface area contributed by atoms with Crippen molar-refractivity contribution in [2.75, 3.05) is 11.9 Å². The second kappa shape index (κ2) is 12.6. The van der Waals surface area contributed by atoms with Crippen LogP contribution in [0.4, 0.5) is 10.1 Å². The molecule has 0 aliphatic heterocycles. The Hall–Kier alpha value is -3.16. The molecule has 2 unspecified atom stereocenters. The van der Waals surface area contributed by atoms with Gasteiger partial charge < -0.3 is 20.3 Å². The number of anilines is 1. The molecule has 1 heterocycles. The van der Waals surface area contributed by atoms with E-state index in [0.717, 1.165) is 36.1 Å². The number of hydrogen-bond acceptors (Lipinski definition) is 5. The molecule has 1 fully saturated rings. The second-order valence-electron chi connectivity index (χ2n) is 13.9. The van der Waals surface area contributed by atoms with Crippen LogP contribution in [0.3, 0.4) is 0 Å². The van der Waals surface area contributed by atoms with Crippen LogP contribution in [0.2, 0.25) is 5.02 Å². The number of carboxylic acids is 1. The number of benzene rings is 2. The maximum Gasteiger partial charge on any atom is 0.329 e. The van der Waals surface area contributed by atoms with Gasteiger partial charge in [0, 0.05) is 22.5 Å². The fourth-order valence-corrected chi connectivity index (χ4v) is 8.52. The third-order valence-corrected chi connectivity index (χ3v) is 11.1. The van der Waals surface area contributed by atoms with E-state index in [1.165, 1.54) is 11.1 Å². The summed E-state index contributed by atoms with van der Waals surface area (Å²) in [6.07, 6.45) is 5.51. The molecule has 45 heavy (non-hydrogen) atoms. The molecule has 8 heteroatoms. The molecule has 1 saturated carbocycles. The highest BCUT2D eigenvalue weighted by Crippen LogP contribution is 2.56. The Balaban J connectivity index is 1.24. The molecular formula is C37H44ClFN2O4. The lowest BCUT2D eigenvalue weighted by Crippen LogP contribution is -2.53. The summed E-state index contributed by atoms with van der Waals surface area (Å²) in [6, 6.07) is 15.4. The van der Waals surface area contributed by atoms with Crippen LogP contribution >= 0.6 is 11.6 Å². The molecule has 3 aliphatic rings. The van der Waals surface area contributed by atoms with Crippen LogP contribution in [0, 0.1) is 11.8 Å². The molecule has 3 aromatic rings. The van der Waals surface area contributed by atoms with Crippen LogP contribution in [-0.2, 0) is 16.6 Å². The predicted octanol–water partition coefficient (Wildman–Crippen LogP) is 8.72. The molecule has 2 aromatic carbocycles. The number of alkyl halides is 1. The van der Waals surface area contributed by atoms with Gasteiger partial charge in [-0.3, -0.25) is 4.98 Å². The standard InChI is InChI=1S/C37H44ClFN2O4/c1-22(21-45-32-11-16-40-34-31(39)10-7-23(2)33(32)34)17-27-18-26-9-8-25(24(3)42)19-30(26)36(27)12-14-37(15-13-36,35(43)44)41-29-6-4-5-28(38)20-29/h4-6,8-9,11,16,19-20,22-24,27,31,41-42H,7,10,12-15,17-18,21H2,1-3H3,(H,43,44)/t22-,23-,24?,27?,31-,36?,37?/m1/s1. The van der Waals surface area contributed by atoms with Crippen LogP contribution in [0.15, 0.2) is 54.7 Å². The Bertz CT molecular complexity index is 1550.